The van der Waals surface area contributed by atoms with E-state index in [1.165, 1.54) is 12.8 Å². The minimum atomic E-state index is 0.0207. The molecule has 0 spiro atoms. The van der Waals surface area contributed by atoms with E-state index in [9.17, 15) is 4.79 Å². The fourth-order valence-electron chi connectivity index (χ4n) is 3.95. The van der Waals surface area contributed by atoms with Gasteiger partial charge in [0.1, 0.15) is 0 Å². The summed E-state index contributed by atoms with van der Waals surface area (Å²) in [5.41, 5.74) is 2.46. The molecule has 3 aromatic rings. The van der Waals surface area contributed by atoms with Gasteiger partial charge in [-0.15, -0.1) is 11.3 Å². The molecule has 1 aromatic carbocycles. The molecule has 26 heavy (non-hydrogen) atoms. The number of carbonyl (C=O) groups excluding carboxylic acids is 1. The lowest BCUT2D eigenvalue weighted by molar-refractivity contribution is 0.0892. The van der Waals surface area contributed by atoms with E-state index in [1.54, 1.807) is 11.3 Å². The molecule has 0 radical (unpaired) electrons. The normalized spacial score (nSPS) is 23.1. The van der Waals surface area contributed by atoms with Gasteiger partial charge in [-0.05, 0) is 41.8 Å². The second kappa shape index (κ2) is 7.20. The highest BCUT2D eigenvalue weighted by atomic mass is 32.1. The molecular weight excluding hydrogens is 340 g/mol. The Morgan fingerprint density at radius 3 is 2.81 bits per heavy atom. The van der Waals surface area contributed by atoms with Crippen molar-refractivity contribution in [3.05, 3.63) is 53.4 Å². The molecule has 2 heterocycles. The Hall–Kier alpha value is -2.20. The van der Waals surface area contributed by atoms with Gasteiger partial charge >= 0.3 is 0 Å². The minimum absolute atomic E-state index is 0.0207. The Kier molecular flexibility index (Phi) is 4.77. The molecular formula is C22H24N2OS. The van der Waals surface area contributed by atoms with Gasteiger partial charge in [-0.1, -0.05) is 51.0 Å². The molecule has 3 atom stereocenters. The number of hydrogen-bond donors (Lipinski definition) is 1. The SMILES string of the molecule is C[C@@H]1[C@H](C)CCC[C@H]1NC(=O)c1cc(-c2cccs2)nc2ccccc12. The molecule has 3 nitrogen and oxygen atoms in total. The van der Waals surface area contributed by atoms with Crippen molar-refractivity contribution in [1.29, 1.82) is 0 Å². The Labute approximate surface area is 158 Å². The highest BCUT2D eigenvalue weighted by molar-refractivity contribution is 7.13. The van der Waals surface area contributed by atoms with Crippen molar-refractivity contribution in [3.8, 4) is 10.6 Å². The summed E-state index contributed by atoms with van der Waals surface area (Å²) in [4.78, 5) is 19.0. The second-order valence-electron chi connectivity index (χ2n) is 7.40. The zero-order chi connectivity index (χ0) is 18.1. The molecule has 1 saturated carbocycles. The number of thiophene rings is 1. The Balaban J connectivity index is 1.71. The van der Waals surface area contributed by atoms with Gasteiger partial charge in [-0.25, -0.2) is 4.98 Å². The molecule has 0 unspecified atom stereocenters. The third kappa shape index (κ3) is 3.26. The van der Waals surface area contributed by atoms with Crippen LogP contribution < -0.4 is 5.32 Å². The smallest absolute Gasteiger partial charge is 0.252 e. The van der Waals surface area contributed by atoms with Crippen molar-refractivity contribution >= 4 is 28.1 Å². The standard InChI is InChI=1S/C22H24N2OS/c1-14-7-5-10-18(15(14)2)24-22(25)17-13-20(21-11-6-12-26-21)23-19-9-4-3-8-16(17)19/h3-4,6,8-9,11-15,18H,5,7,10H2,1-2H3,(H,24,25)/t14-,15-,18-/m1/s1. The lowest BCUT2D eigenvalue weighted by Crippen LogP contribution is -2.43. The van der Waals surface area contributed by atoms with Crippen LogP contribution in [0.2, 0.25) is 0 Å². The zero-order valence-corrected chi connectivity index (χ0v) is 16.1. The number of nitrogens with zero attached hydrogens (tertiary/aromatic N) is 1. The van der Waals surface area contributed by atoms with Gasteiger partial charge in [0.05, 0.1) is 21.7 Å². The van der Waals surface area contributed by atoms with Gasteiger partial charge in [-0.3, -0.25) is 4.79 Å². The molecule has 0 saturated heterocycles. The van der Waals surface area contributed by atoms with E-state index in [0.29, 0.717) is 11.8 Å². The van der Waals surface area contributed by atoms with Crippen LogP contribution in [0, 0.1) is 11.8 Å². The average molecular weight is 365 g/mol. The third-order valence-electron chi connectivity index (χ3n) is 5.76. The molecule has 1 amide bonds. The van der Waals surface area contributed by atoms with Crippen LogP contribution in [0.4, 0.5) is 0 Å². The van der Waals surface area contributed by atoms with Gasteiger partial charge in [0.15, 0.2) is 0 Å². The number of hydrogen-bond acceptors (Lipinski definition) is 3. The highest BCUT2D eigenvalue weighted by Gasteiger charge is 2.29. The first-order valence-corrected chi connectivity index (χ1v) is 10.3. The molecule has 4 rings (SSSR count). The number of rotatable bonds is 3. The molecule has 4 heteroatoms. The largest absolute Gasteiger partial charge is 0.349 e. The van der Waals surface area contributed by atoms with Crippen LogP contribution in [0.1, 0.15) is 43.5 Å². The minimum Gasteiger partial charge on any atom is -0.349 e. The Morgan fingerprint density at radius 1 is 1.15 bits per heavy atom. The monoisotopic (exact) mass is 364 g/mol. The first-order valence-electron chi connectivity index (χ1n) is 9.38. The van der Waals surface area contributed by atoms with E-state index in [-0.39, 0.29) is 11.9 Å². The molecule has 2 aromatic heterocycles. The number of fused-ring (bicyclic) bond motifs is 1. The summed E-state index contributed by atoms with van der Waals surface area (Å²) in [7, 11) is 0. The summed E-state index contributed by atoms with van der Waals surface area (Å²) < 4.78 is 0. The fourth-order valence-corrected chi connectivity index (χ4v) is 4.63. The predicted octanol–water partition coefficient (Wildman–Crippen LogP) is 5.52. The van der Waals surface area contributed by atoms with Gasteiger partial charge in [0.2, 0.25) is 0 Å². The zero-order valence-electron chi connectivity index (χ0n) is 15.2. The summed E-state index contributed by atoms with van der Waals surface area (Å²) in [6, 6.07) is 14.2. The first kappa shape index (κ1) is 17.2. The number of pyridine rings is 1. The van der Waals surface area contributed by atoms with Gasteiger partial charge < -0.3 is 5.32 Å². The van der Waals surface area contributed by atoms with Gasteiger partial charge in [-0.2, -0.15) is 0 Å². The first-order chi connectivity index (χ1) is 12.6. The van der Waals surface area contributed by atoms with Crippen LogP contribution in [0.5, 0.6) is 0 Å². The van der Waals surface area contributed by atoms with E-state index in [4.69, 9.17) is 4.98 Å². The molecule has 0 aliphatic heterocycles. The van der Waals surface area contributed by atoms with Crippen LogP contribution in [0.3, 0.4) is 0 Å². The van der Waals surface area contributed by atoms with E-state index < -0.39 is 0 Å². The average Bonchev–Trinajstić information content (AvgIpc) is 3.19. The predicted molar refractivity (Wildman–Crippen MR) is 108 cm³/mol. The number of carbonyl (C=O) groups is 1. The van der Waals surface area contributed by atoms with Gasteiger partial charge in [0.25, 0.3) is 5.91 Å². The van der Waals surface area contributed by atoms with Crippen LogP contribution in [0.15, 0.2) is 47.8 Å². The van der Waals surface area contributed by atoms with E-state index in [1.807, 2.05) is 47.8 Å². The van der Waals surface area contributed by atoms with E-state index in [2.05, 4.69) is 19.2 Å². The second-order valence-corrected chi connectivity index (χ2v) is 8.34. The number of aromatic nitrogens is 1. The molecule has 1 N–H and O–H groups in total. The lowest BCUT2D eigenvalue weighted by atomic mass is 9.78. The summed E-state index contributed by atoms with van der Waals surface area (Å²) >= 11 is 1.65. The van der Waals surface area contributed by atoms with Crippen LogP contribution in [-0.4, -0.2) is 16.9 Å². The Bertz CT molecular complexity index is 919. The molecule has 1 aliphatic carbocycles. The van der Waals surface area contributed by atoms with E-state index in [0.717, 1.165) is 33.5 Å². The number of nitrogens with one attached hydrogen (secondary N) is 1. The lowest BCUT2D eigenvalue weighted by Gasteiger charge is -2.34. The molecule has 134 valence electrons. The Morgan fingerprint density at radius 2 is 2.00 bits per heavy atom. The van der Waals surface area contributed by atoms with Crippen LogP contribution >= 0.6 is 11.3 Å². The third-order valence-corrected chi connectivity index (χ3v) is 6.65. The molecule has 1 aliphatic rings. The van der Waals surface area contributed by atoms with Crippen molar-refractivity contribution in [2.45, 2.75) is 39.2 Å². The maximum Gasteiger partial charge on any atom is 0.252 e. The summed E-state index contributed by atoms with van der Waals surface area (Å²) in [6.07, 6.45) is 3.51. The van der Waals surface area contributed by atoms with Gasteiger partial charge in [0, 0.05) is 11.4 Å². The summed E-state index contributed by atoms with van der Waals surface area (Å²) in [6.45, 7) is 4.55. The van der Waals surface area contributed by atoms with Crippen molar-refractivity contribution < 1.29 is 4.79 Å². The van der Waals surface area contributed by atoms with Crippen molar-refractivity contribution in [2.75, 3.05) is 0 Å². The number of benzene rings is 1. The molecule has 1 fully saturated rings. The van der Waals surface area contributed by atoms with Crippen molar-refractivity contribution in [3.63, 3.8) is 0 Å². The van der Waals surface area contributed by atoms with Crippen molar-refractivity contribution in [1.82, 2.24) is 10.3 Å². The van der Waals surface area contributed by atoms with Crippen LogP contribution in [0.25, 0.3) is 21.5 Å². The molecule has 0 bridgehead atoms. The summed E-state index contributed by atoms with van der Waals surface area (Å²) in [5, 5.41) is 6.27. The number of para-hydroxylation sites is 1. The fraction of sp³-hybridized carbons (Fsp3) is 0.364. The summed E-state index contributed by atoms with van der Waals surface area (Å²) in [5.74, 6) is 1.19. The quantitative estimate of drug-likeness (QED) is 0.665. The number of amides is 1. The highest BCUT2D eigenvalue weighted by Crippen LogP contribution is 2.31. The van der Waals surface area contributed by atoms with Crippen LogP contribution in [-0.2, 0) is 0 Å². The van der Waals surface area contributed by atoms with E-state index >= 15 is 0 Å². The topological polar surface area (TPSA) is 42.0 Å². The maximum absolute atomic E-state index is 13.2. The van der Waals surface area contributed by atoms with Crippen molar-refractivity contribution in [2.24, 2.45) is 11.8 Å². The maximum atomic E-state index is 13.2.